The van der Waals surface area contributed by atoms with Crippen LogP contribution < -0.4 is 5.32 Å². The lowest BCUT2D eigenvalue weighted by molar-refractivity contribution is -0.142. The lowest BCUT2D eigenvalue weighted by Crippen LogP contribution is -2.26. The fraction of sp³-hybridized carbons (Fsp3) is 0.462. The van der Waals surface area contributed by atoms with Gasteiger partial charge in [0.15, 0.2) is 5.79 Å². The van der Waals surface area contributed by atoms with E-state index in [9.17, 15) is 4.79 Å². The van der Waals surface area contributed by atoms with Gasteiger partial charge in [0.05, 0.1) is 6.61 Å². The standard InChI is InChI=1S/C13H17NO4/c1-13(2)17-9-11(18-13)8-16-12(15)14-10-6-4-3-5-7-10/h3-7,11H,8-9H2,1-2H3,(H,14,15)/t11-/m1/s1. The minimum absolute atomic E-state index is 0.183. The first-order chi connectivity index (χ1) is 8.55. The number of hydrogen-bond acceptors (Lipinski definition) is 4. The van der Waals surface area contributed by atoms with Crippen LogP contribution in [0.4, 0.5) is 10.5 Å². The zero-order chi connectivity index (χ0) is 13.0. The highest BCUT2D eigenvalue weighted by Gasteiger charge is 2.33. The fourth-order valence-corrected chi connectivity index (χ4v) is 1.69. The molecule has 0 aromatic heterocycles. The van der Waals surface area contributed by atoms with Gasteiger partial charge in [0.25, 0.3) is 0 Å². The van der Waals surface area contributed by atoms with Crippen molar-refractivity contribution in [2.24, 2.45) is 0 Å². The molecule has 2 rings (SSSR count). The van der Waals surface area contributed by atoms with Gasteiger partial charge in [0.1, 0.15) is 12.7 Å². The van der Waals surface area contributed by atoms with Crippen LogP contribution in [0.25, 0.3) is 0 Å². The molecule has 0 spiro atoms. The van der Waals surface area contributed by atoms with Gasteiger partial charge in [-0.15, -0.1) is 0 Å². The van der Waals surface area contributed by atoms with Crippen LogP contribution in [0.1, 0.15) is 13.8 Å². The van der Waals surface area contributed by atoms with E-state index < -0.39 is 11.9 Å². The molecule has 1 aromatic carbocycles. The average molecular weight is 251 g/mol. The van der Waals surface area contributed by atoms with E-state index in [1.807, 2.05) is 32.0 Å². The molecule has 0 bridgehead atoms. The van der Waals surface area contributed by atoms with Gasteiger partial charge in [0.2, 0.25) is 0 Å². The van der Waals surface area contributed by atoms with Crippen LogP contribution >= 0.6 is 0 Å². The molecule has 98 valence electrons. The molecule has 1 aromatic rings. The monoisotopic (exact) mass is 251 g/mol. The van der Waals surface area contributed by atoms with Crippen molar-refractivity contribution in [1.29, 1.82) is 0 Å². The van der Waals surface area contributed by atoms with Crippen LogP contribution in [0.2, 0.25) is 0 Å². The summed E-state index contributed by atoms with van der Waals surface area (Å²) in [6.45, 7) is 4.28. The molecule has 0 aliphatic carbocycles. The first-order valence-electron chi connectivity index (χ1n) is 5.86. The number of nitrogens with one attached hydrogen (secondary N) is 1. The Morgan fingerprint density at radius 1 is 1.44 bits per heavy atom. The Balaban J connectivity index is 1.73. The Morgan fingerprint density at radius 3 is 2.78 bits per heavy atom. The maximum atomic E-state index is 11.5. The molecule has 1 heterocycles. The average Bonchev–Trinajstić information content (AvgIpc) is 2.68. The van der Waals surface area contributed by atoms with Crippen LogP contribution in [-0.2, 0) is 14.2 Å². The molecule has 0 radical (unpaired) electrons. The van der Waals surface area contributed by atoms with Crippen LogP contribution in [0.5, 0.6) is 0 Å². The van der Waals surface area contributed by atoms with Gasteiger partial charge in [-0.3, -0.25) is 5.32 Å². The number of hydrogen-bond donors (Lipinski definition) is 1. The Hall–Kier alpha value is -1.59. The number of rotatable bonds is 3. The SMILES string of the molecule is CC1(C)OC[C@@H](COC(=O)Nc2ccccc2)O1. The number of ether oxygens (including phenoxy) is 3. The zero-order valence-corrected chi connectivity index (χ0v) is 10.5. The van der Waals surface area contributed by atoms with Crippen molar-refractivity contribution in [2.75, 3.05) is 18.5 Å². The van der Waals surface area contributed by atoms with Gasteiger partial charge in [-0.05, 0) is 26.0 Å². The Morgan fingerprint density at radius 2 is 2.17 bits per heavy atom. The number of carbonyl (C=O) groups excluding carboxylic acids is 1. The molecular formula is C13H17NO4. The second-order valence-corrected chi connectivity index (χ2v) is 4.54. The summed E-state index contributed by atoms with van der Waals surface area (Å²) >= 11 is 0. The topological polar surface area (TPSA) is 56.8 Å². The molecule has 1 amide bonds. The number of para-hydroxylation sites is 1. The Labute approximate surface area is 106 Å². The van der Waals surface area contributed by atoms with Gasteiger partial charge in [-0.1, -0.05) is 18.2 Å². The minimum atomic E-state index is -0.593. The fourth-order valence-electron chi connectivity index (χ4n) is 1.69. The molecule has 5 nitrogen and oxygen atoms in total. The first kappa shape index (κ1) is 12.9. The second kappa shape index (κ2) is 5.37. The summed E-state index contributed by atoms with van der Waals surface area (Å²) in [4.78, 5) is 11.5. The molecular weight excluding hydrogens is 234 g/mol. The quantitative estimate of drug-likeness (QED) is 0.896. The summed E-state index contributed by atoms with van der Waals surface area (Å²) in [6, 6.07) is 9.14. The summed E-state index contributed by atoms with van der Waals surface area (Å²) < 4.78 is 16.0. The van der Waals surface area contributed by atoms with Crippen LogP contribution in [0, 0.1) is 0 Å². The molecule has 1 atom stereocenters. The zero-order valence-electron chi connectivity index (χ0n) is 10.5. The van der Waals surface area contributed by atoms with Crippen molar-refractivity contribution in [2.45, 2.75) is 25.7 Å². The van der Waals surface area contributed by atoms with Crippen molar-refractivity contribution in [3.8, 4) is 0 Å². The molecule has 1 aliphatic heterocycles. The maximum Gasteiger partial charge on any atom is 0.411 e. The smallest absolute Gasteiger partial charge is 0.411 e. The van der Waals surface area contributed by atoms with E-state index in [1.165, 1.54) is 0 Å². The maximum absolute atomic E-state index is 11.5. The second-order valence-electron chi connectivity index (χ2n) is 4.54. The van der Waals surface area contributed by atoms with Crippen LogP contribution in [0.15, 0.2) is 30.3 Å². The van der Waals surface area contributed by atoms with Gasteiger partial charge >= 0.3 is 6.09 Å². The molecule has 1 N–H and O–H groups in total. The third kappa shape index (κ3) is 3.72. The molecule has 5 heteroatoms. The Kier molecular flexibility index (Phi) is 3.84. The highest BCUT2D eigenvalue weighted by atomic mass is 16.7. The van der Waals surface area contributed by atoms with E-state index >= 15 is 0 Å². The normalized spacial score (nSPS) is 21.6. The van der Waals surface area contributed by atoms with Crippen molar-refractivity contribution < 1.29 is 19.0 Å². The lowest BCUT2D eigenvalue weighted by atomic mass is 10.3. The van der Waals surface area contributed by atoms with Gasteiger partial charge < -0.3 is 14.2 Å². The van der Waals surface area contributed by atoms with Gasteiger partial charge in [-0.25, -0.2) is 4.79 Å². The highest BCUT2D eigenvalue weighted by Crippen LogP contribution is 2.22. The minimum Gasteiger partial charge on any atom is -0.446 e. The van der Waals surface area contributed by atoms with E-state index in [-0.39, 0.29) is 12.7 Å². The van der Waals surface area contributed by atoms with Crippen molar-refractivity contribution in [1.82, 2.24) is 0 Å². The summed E-state index contributed by atoms with van der Waals surface area (Å²) in [5, 5.41) is 2.63. The van der Waals surface area contributed by atoms with E-state index in [2.05, 4.69) is 5.32 Å². The van der Waals surface area contributed by atoms with Crippen LogP contribution in [0.3, 0.4) is 0 Å². The summed E-state index contributed by atoms with van der Waals surface area (Å²) in [6.07, 6.45) is -0.698. The van der Waals surface area contributed by atoms with Crippen molar-refractivity contribution >= 4 is 11.8 Å². The van der Waals surface area contributed by atoms with Gasteiger partial charge in [-0.2, -0.15) is 0 Å². The number of anilines is 1. The van der Waals surface area contributed by atoms with E-state index in [4.69, 9.17) is 14.2 Å². The van der Waals surface area contributed by atoms with Crippen molar-refractivity contribution in [3.63, 3.8) is 0 Å². The summed E-state index contributed by atoms with van der Waals surface area (Å²) in [5.41, 5.74) is 0.700. The van der Waals surface area contributed by atoms with E-state index in [0.717, 1.165) is 0 Å². The van der Waals surface area contributed by atoms with Crippen LogP contribution in [-0.4, -0.2) is 31.2 Å². The van der Waals surface area contributed by atoms with Crippen molar-refractivity contribution in [3.05, 3.63) is 30.3 Å². The first-order valence-corrected chi connectivity index (χ1v) is 5.86. The lowest BCUT2D eigenvalue weighted by Gasteiger charge is -2.17. The third-order valence-electron chi connectivity index (χ3n) is 2.49. The molecule has 1 aliphatic rings. The number of benzene rings is 1. The van der Waals surface area contributed by atoms with E-state index in [0.29, 0.717) is 12.3 Å². The summed E-state index contributed by atoms with van der Waals surface area (Å²) in [5.74, 6) is -0.593. The summed E-state index contributed by atoms with van der Waals surface area (Å²) in [7, 11) is 0. The predicted molar refractivity (Wildman–Crippen MR) is 66.3 cm³/mol. The molecule has 1 fully saturated rings. The predicted octanol–water partition coefficient (Wildman–Crippen LogP) is 2.39. The molecule has 1 saturated heterocycles. The largest absolute Gasteiger partial charge is 0.446 e. The van der Waals surface area contributed by atoms with Gasteiger partial charge in [0, 0.05) is 5.69 Å². The molecule has 0 saturated carbocycles. The Bertz CT molecular complexity index is 405. The molecule has 18 heavy (non-hydrogen) atoms. The molecule has 0 unspecified atom stereocenters. The third-order valence-corrected chi connectivity index (χ3v) is 2.49. The number of carbonyl (C=O) groups is 1. The number of amides is 1. The highest BCUT2D eigenvalue weighted by molar-refractivity contribution is 5.84. The van der Waals surface area contributed by atoms with E-state index in [1.54, 1.807) is 12.1 Å².